The molecule has 1 N–H and O–H groups in total. The Hall–Kier alpha value is -2.55. The Kier molecular flexibility index (Phi) is 4.70. The number of benzene rings is 2. The smallest absolute Gasteiger partial charge is 0.412 e. The van der Waals surface area contributed by atoms with E-state index in [0.29, 0.717) is 0 Å². The lowest BCUT2D eigenvalue weighted by Gasteiger charge is -2.17. The fourth-order valence-electron chi connectivity index (χ4n) is 3.19. The number of nitrogens with one attached hydrogen (secondary N) is 1. The summed E-state index contributed by atoms with van der Waals surface area (Å²) in [7, 11) is 0. The summed E-state index contributed by atoms with van der Waals surface area (Å²) in [5.74, 6) is 0. The third-order valence-corrected chi connectivity index (χ3v) is 4.26. The van der Waals surface area contributed by atoms with Crippen LogP contribution in [0.3, 0.4) is 0 Å². The van der Waals surface area contributed by atoms with Gasteiger partial charge in [-0.1, -0.05) is 68.5 Å². The van der Waals surface area contributed by atoms with Crippen molar-refractivity contribution in [1.29, 1.82) is 0 Å². The number of hydrogen-bond acceptors (Lipinski definition) is 2. The van der Waals surface area contributed by atoms with Crippen LogP contribution >= 0.6 is 0 Å². The number of amides is 1. The minimum atomic E-state index is -0.400. The zero-order chi connectivity index (χ0) is 17.0. The van der Waals surface area contributed by atoms with Gasteiger partial charge in [0.1, 0.15) is 6.10 Å². The van der Waals surface area contributed by atoms with Crippen LogP contribution < -0.4 is 5.32 Å². The first kappa shape index (κ1) is 16.3. The van der Waals surface area contributed by atoms with Crippen molar-refractivity contribution >= 4 is 17.9 Å². The van der Waals surface area contributed by atoms with E-state index in [2.05, 4.69) is 37.4 Å². The molecule has 0 aliphatic heterocycles. The van der Waals surface area contributed by atoms with Gasteiger partial charge in [-0.3, -0.25) is 5.32 Å². The van der Waals surface area contributed by atoms with Crippen molar-refractivity contribution in [1.82, 2.24) is 0 Å². The molecule has 1 aliphatic carbocycles. The Labute approximate surface area is 143 Å². The first-order valence-corrected chi connectivity index (χ1v) is 8.30. The van der Waals surface area contributed by atoms with Crippen LogP contribution in [0.2, 0.25) is 0 Å². The van der Waals surface area contributed by atoms with E-state index >= 15 is 0 Å². The molecule has 1 saturated carbocycles. The van der Waals surface area contributed by atoms with Gasteiger partial charge in [0.2, 0.25) is 0 Å². The maximum absolute atomic E-state index is 12.2. The van der Waals surface area contributed by atoms with Crippen LogP contribution in [0.1, 0.15) is 32.3 Å². The van der Waals surface area contributed by atoms with Crippen molar-refractivity contribution in [2.75, 3.05) is 5.32 Å². The molecule has 2 aromatic rings. The molecule has 0 heterocycles. The van der Waals surface area contributed by atoms with Gasteiger partial charge in [-0.25, -0.2) is 4.79 Å². The van der Waals surface area contributed by atoms with E-state index < -0.39 is 6.09 Å². The van der Waals surface area contributed by atoms with Crippen molar-refractivity contribution in [2.24, 2.45) is 5.41 Å². The summed E-state index contributed by atoms with van der Waals surface area (Å²) in [6.45, 7) is 4.43. The van der Waals surface area contributed by atoms with Crippen LogP contribution in [-0.2, 0) is 4.74 Å². The van der Waals surface area contributed by atoms with Crippen molar-refractivity contribution in [3.8, 4) is 0 Å². The number of carbonyl (C=O) groups is 1. The quantitative estimate of drug-likeness (QED) is 0.809. The third-order valence-electron chi connectivity index (χ3n) is 4.26. The number of para-hydroxylation sites is 1. The first-order valence-electron chi connectivity index (χ1n) is 8.30. The lowest BCUT2D eigenvalue weighted by molar-refractivity contribution is 0.122. The van der Waals surface area contributed by atoms with E-state index in [1.54, 1.807) is 0 Å². The van der Waals surface area contributed by atoms with Crippen LogP contribution in [0.4, 0.5) is 10.5 Å². The second-order valence-corrected chi connectivity index (χ2v) is 7.06. The zero-order valence-electron chi connectivity index (χ0n) is 14.2. The van der Waals surface area contributed by atoms with E-state index in [9.17, 15) is 4.79 Å². The van der Waals surface area contributed by atoms with Gasteiger partial charge in [-0.2, -0.15) is 0 Å². The number of anilines is 1. The molecule has 3 heteroatoms. The van der Waals surface area contributed by atoms with Gasteiger partial charge < -0.3 is 4.74 Å². The molecule has 1 amide bonds. The Balaban J connectivity index is 1.72. The normalized spacial score (nSPS) is 20.8. The number of ether oxygens (including phenoxy) is 1. The van der Waals surface area contributed by atoms with Crippen molar-refractivity contribution in [2.45, 2.75) is 32.8 Å². The van der Waals surface area contributed by atoms with Crippen LogP contribution in [0.25, 0.3) is 6.08 Å². The fourth-order valence-corrected chi connectivity index (χ4v) is 3.19. The van der Waals surface area contributed by atoms with Crippen molar-refractivity contribution < 1.29 is 9.53 Å². The highest BCUT2D eigenvalue weighted by atomic mass is 16.6. The maximum Gasteiger partial charge on any atom is 0.412 e. The minimum Gasteiger partial charge on any atom is -0.441 e. The topological polar surface area (TPSA) is 38.3 Å². The molecule has 2 aromatic carbocycles. The molecule has 24 heavy (non-hydrogen) atoms. The number of rotatable bonds is 3. The average Bonchev–Trinajstić information content (AvgIpc) is 2.82. The second kappa shape index (κ2) is 6.91. The Morgan fingerprint density at radius 1 is 1.08 bits per heavy atom. The molecule has 1 atom stereocenters. The molecule has 1 fully saturated rings. The summed E-state index contributed by atoms with van der Waals surface area (Å²) in [5.41, 5.74) is 3.20. The lowest BCUT2D eigenvalue weighted by atomic mass is 9.91. The minimum absolute atomic E-state index is 0.137. The SMILES string of the molecule is CC1(C)C/C(=C\c2ccccc2)C(OC(=O)Nc2ccccc2)C1. The molecule has 3 nitrogen and oxygen atoms in total. The zero-order valence-corrected chi connectivity index (χ0v) is 14.2. The van der Waals surface area contributed by atoms with E-state index in [-0.39, 0.29) is 11.5 Å². The first-order chi connectivity index (χ1) is 11.5. The van der Waals surface area contributed by atoms with Crippen LogP contribution in [0.5, 0.6) is 0 Å². The molecule has 124 valence electrons. The molecule has 1 aliphatic rings. The summed E-state index contributed by atoms with van der Waals surface area (Å²) >= 11 is 0. The Morgan fingerprint density at radius 3 is 2.38 bits per heavy atom. The van der Waals surface area contributed by atoms with Crippen LogP contribution in [0, 0.1) is 5.41 Å². The van der Waals surface area contributed by atoms with Gasteiger partial charge in [-0.05, 0) is 41.5 Å². The Morgan fingerprint density at radius 2 is 1.71 bits per heavy atom. The fraction of sp³-hybridized carbons (Fsp3) is 0.286. The van der Waals surface area contributed by atoms with Gasteiger partial charge in [0.25, 0.3) is 0 Å². The summed E-state index contributed by atoms with van der Waals surface area (Å²) in [4.78, 5) is 12.2. The molecule has 3 rings (SSSR count). The monoisotopic (exact) mass is 321 g/mol. The molecule has 0 aromatic heterocycles. The maximum atomic E-state index is 12.2. The van der Waals surface area contributed by atoms with Crippen LogP contribution in [-0.4, -0.2) is 12.2 Å². The summed E-state index contributed by atoms with van der Waals surface area (Å²) in [6.07, 6.45) is 3.35. The van der Waals surface area contributed by atoms with E-state index in [1.165, 1.54) is 5.57 Å². The van der Waals surface area contributed by atoms with E-state index in [1.807, 2.05) is 48.5 Å². The lowest BCUT2D eigenvalue weighted by Crippen LogP contribution is -2.22. The molecule has 0 saturated heterocycles. The highest BCUT2D eigenvalue weighted by Crippen LogP contribution is 2.43. The summed E-state index contributed by atoms with van der Waals surface area (Å²) in [5, 5.41) is 2.79. The predicted octanol–water partition coefficient (Wildman–Crippen LogP) is 5.51. The van der Waals surface area contributed by atoms with Crippen molar-refractivity contribution in [3.05, 3.63) is 71.8 Å². The molecule has 0 spiro atoms. The van der Waals surface area contributed by atoms with Gasteiger partial charge in [-0.15, -0.1) is 0 Å². The van der Waals surface area contributed by atoms with Crippen molar-refractivity contribution in [3.63, 3.8) is 0 Å². The largest absolute Gasteiger partial charge is 0.441 e. The van der Waals surface area contributed by atoms with Gasteiger partial charge in [0.15, 0.2) is 0 Å². The molecule has 1 unspecified atom stereocenters. The summed E-state index contributed by atoms with van der Waals surface area (Å²) in [6, 6.07) is 19.6. The summed E-state index contributed by atoms with van der Waals surface area (Å²) < 4.78 is 5.72. The highest BCUT2D eigenvalue weighted by molar-refractivity contribution is 5.84. The van der Waals surface area contributed by atoms with E-state index in [4.69, 9.17) is 4.74 Å². The van der Waals surface area contributed by atoms with Crippen LogP contribution in [0.15, 0.2) is 66.2 Å². The molecular weight excluding hydrogens is 298 g/mol. The third kappa shape index (κ3) is 4.25. The second-order valence-electron chi connectivity index (χ2n) is 7.06. The van der Waals surface area contributed by atoms with Gasteiger partial charge >= 0.3 is 6.09 Å². The van der Waals surface area contributed by atoms with Gasteiger partial charge in [0, 0.05) is 5.69 Å². The molecule has 0 bridgehead atoms. The standard InChI is InChI=1S/C21H23NO2/c1-21(2)14-17(13-16-9-5-3-6-10-16)19(15-21)24-20(23)22-18-11-7-4-8-12-18/h3-13,19H,14-15H2,1-2H3,(H,22,23)/b17-13+. The Bertz CT molecular complexity index is 720. The highest BCUT2D eigenvalue weighted by Gasteiger charge is 2.37. The molecular formula is C21H23NO2. The van der Waals surface area contributed by atoms with E-state index in [0.717, 1.165) is 24.1 Å². The predicted molar refractivity (Wildman–Crippen MR) is 97.8 cm³/mol. The molecule has 0 radical (unpaired) electrons. The number of carbonyl (C=O) groups excluding carboxylic acids is 1. The number of hydrogen-bond donors (Lipinski definition) is 1. The average molecular weight is 321 g/mol. The van der Waals surface area contributed by atoms with Gasteiger partial charge in [0.05, 0.1) is 0 Å².